The molecule has 0 spiro atoms. The Kier molecular flexibility index (Phi) is 5.69. The Morgan fingerprint density at radius 1 is 1.19 bits per heavy atom. The first-order valence-electron chi connectivity index (χ1n) is 8.92. The lowest BCUT2D eigenvalue weighted by Gasteiger charge is -2.26. The Bertz CT molecular complexity index is 944. The van der Waals surface area contributed by atoms with Gasteiger partial charge in [0.1, 0.15) is 10.6 Å². The Hall–Kier alpha value is -2.16. The second-order valence-corrected chi connectivity index (χ2v) is 8.58. The monoisotopic (exact) mass is 391 g/mol. The second kappa shape index (κ2) is 7.84. The molecule has 2 aromatic rings. The molecule has 0 radical (unpaired) electrons. The second-order valence-electron chi connectivity index (χ2n) is 6.70. The first-order chi connectivity index (χ1) is 12.8. The standard InChI is InChI=1S/C19H25N3O4S/c1-13-6-4-5-7-16(13)12-20-19(23)17-14(2)18(15(3)21-17)27(24,25)22-8-10-26-11-9-22/h4-7,21H,8-12H2,1-3H3,(H,20,23). The summed E-state index contributed by atoms with van der Waals surface area (Å²) in [6, 6.07) is 7.81. The lowest BCUT2D eigenvalue weighted by atomic mass is 10.1. The van der Waals surface area contributed by atoms with Crippen molar-refractivity contribution in [3.8, 4) is 0 Å². The summed E-state index contributed by atoms with van der Waals surface area (Å²) < 4.78 is 32.7. The van der Waals surface area contributed by atoms with Gasteiger partial charge in [-0.1, -0.05) is 24.3 Å². The third-order valence-corrected chi connectivity index (χ3v) is 7.04. The number of sulfonamides is 1. The zero-order valence-corrected chi connectivity index (χ0v) is 16.6. The van der Waals surface area contributed by atoms with Crippen molar-refractivity contribution < 1.29 is 17.9 Å². The minimum absolute atomic E-state index is 0.186. The van der Waals surface area contributed by atoms with Crippen LogP contribution < -0.4 is 5.32 Å². The van der Waals surface area contributed by atoms with E-state index in [2.05, 4.69) is 10.3 Å². The van der Waals surface area contributed by atoms with Gasteiger partial charge in [0, 0.05) is 25.3 Å². The molecule has 2 heterocycles. The topological polar surface area (TPSA) is 91.5 Å². The SMILES string of the molecule is Cc1ccccc1CNC(=O)c1[nH]c(C)c(S(=O)(=O)N2CCOCC2)c1C. The van der Waals surface area contributed by atoms with Gasteiger partial charge in [-0.25, -0.2) is 8.42 Å². The highest BCUT2D eigenvalue weighted by atomic mass is 32.2. The molecule has 1 amide bonds. The number of carbonyl (C=O) groups excluding carboxylic acids is 1. The van der Waals surface area contributed by atoms with Crippen LogP contribution in [0, 0.1) is 20.8 Å². The van der Waals surface area contributed by atoms with E-state index in [1.807, 2.05) is 31.2 Å². The number of aromatic nitrogens is 1. The maximum atomic E-state index is 13.0. The first-order valence-corrected chi connectivity index (χ1v) is 10.4. The van der Waals surface area contributed by atoms with Gasteiger partial charge in [-0.2, -0.15) is 4.31 Å². The average molecular weight is 391 g/mol. The fourth-order valence-corrected chi connectivity index (χ4v) is 5.15. The molecule has 0 atom stereocenters. The van der Waals surface area contributed by atoms with Crippen LogP contribution in [0.2, 0.25) is 0 Å². The summed E-state index contributed by atoms with van der Waals surface area (Å²) in [4.78, 5) is 15.8. The highest BCUT2D eigenvalue weighted by Crippen LogP contribution is 2.27. The molecule has 0 aliphatic carbocycles. The highest BCUT2D eigenvalue weighted by molar-refractivity contribution is 7.89. The Morgan fingerprint density at radius 3 is 2.52 bits per heavy atom. The van der Waals surface area contributed by atoms with Crippen LogP contribution in [-0.4, -0.2) is 49.9 Å². The molecule has 1 aliphatic rings. The van der Waals surface area contributed by atoms with E-state index in [-0.39, 0.29) is 16.5 Å². The molecule has 7 nitrogen and oxygen atoms in total. The van der Waals surface area contributed by atoms with Crippen molar-refractivity contribution in [1.29, 1.82) is 0 Å². The van der Waals surface area contributed by atoms with Crippen LogP contribution in [0.1, 0.15) is 32.9 Å². The van der Waals surface area contributed by atoms with E-state index >= 15 is 0 Å². The number of amides is 1. The van der Waals surface area contributed by atoms with Crippen LogP contribution in [0.15, 0.2) is 29.2 Å². The normalized spacial score (nSPS) is 15.7. The summed E-state index contributed by atoms with van der Waals surface area (Å²) in [6.45, 7) is 7.12. The van der Waals surface area contributed by atoms with Gasteiger partial charge in [-0.15, -0.1) is 0 Å². The molecule has 8 heteroatoms. The quantitative estimate of drug-likeness (QED) is 0.814. The fourth-order valence-electron chi connectivity index (χ4n) is 3.34. The molecular formula is C19H25N3O4S. The van der Waals surface area contributed by atoms with Crippen molar-refractivity contribution in [1.82, 2.24) is 14.6 Å². The fraction of sp³-hybridized carbons (Fsp3) is 0.421. The molecule has 1 aromatic heterocycles. The molecule has 3 rings (SSSR count). The summed E-state index contributed by atoms with van der Waals surface area (Å²) in [6.07, 6.45) is 0. The number of nitrogens with zero attached hydrogens (tertiary/aromatic N) is 1. The maximum absolute atomic E-state index is 13.0. The van der Waals surface area contributed by atoms with Crippen molar-refractivity contribution in [2.45, 2.75) is 32.2 Å². The molecule has 27 heavy (non-hydrogen) atoms. The van der Waals surface area contributed by atoms with Crippen molar-refractivity contribution in [2.75, 3.05) is 26.3 Å². The van der Waals surface area contributed by atoms with Crippen LogP contribution in [0.3, 0.4) is 0 Å². The van der Waals surface area contributed by atoms with E-state index in [1.165, 1.54) is 4.31 Å². The van der Waals surface area contributed by atoms with Gasteiger partial charge < -0.3 is 15.0 Å². The summed E-state index contributed by atoms with van der Waals surface area (Å²) in [5, 5.41) is 2.87. The van der Waals surface area contributed by atoms with Gasteiger partial charge >= 0.3 is 0 Å². The number of nitrogens with one attached hydrogen (secondary N) is 2. The van der Waals surface area contributed by atoms with E-state index in [9.17, 15) is 13.2 Å². The number of hydrogen-bond acceptors (Lipinski definition) is 4. The molecule has 1 aliphatic heterocycles. The number of carbonyl (C=O) groups is 1. The van der Waals surface area contributed by atoms with Gasteiger partial charge in [0.25, 0.3) is 5.91 Å². The van der Waals surface area contributed by atoms with E-state index < -0.39 is 10.0 Å². The molecule has 146 valence electrons. The predicted octanol–water partition coefficient (Wildman–Crippen LogP) is 1.89. The van der Waals surface area contributed by atoms with Crippen molar-refractivity contribution >= 4 is 15.9 Å². The van der Waals surface area contributed by atoms with Crippen LogP contribution in [0.25, 0.3) is 0 Å². The van der Waals surface area contributed by atoms with Crippen LogP contribution >= 0.6 is 0 Å². The summed E-state index contributed by atoms with van der Waals surface area (Å²) in [7, 11) is -3.67. The van der Waals surface area contributed by atoms with Gasteiger partial charge in [0.2, 0.25) is 10.0 Å². The van der Waals surface area contributed by atoms with Crippen LogP contribution in [-0.2, 0) is 21.3 Å². The van der Waals surface area contributed by atoms with Crippen molar-refractivity contribution in [3.05, 3.63) is 52.3 Å². The summed E-state index contributed by atoms with van der Waals surface area (Å²) in [5.74, 6) is -0.317. The molecule has 2 N–H and O–H groups in total. The number of aryl methyl sites for hydroxylation is 2. The summed E-state index contributed by atoms with van der Waals surface area (Å²) >= 11 is 0. The van der Waals surface area contributed by atoms with E-state index in [4.69, 9.17) is 4.74 Å². The minimum atomic E-state index is -3.67. The van der Waals surface area contributed by atoms with Crippen molar-refractivity contribution in [3.63, 3.8) is 0 Å². The third-order valence-electron chi connectivity index (χ3n) is 4.86. The van der Waals surface area contributed by atoms with Gasteiger partial charge in [-0.3, -0.25) is 4.79 Å². The zero-order chi connectivity index (χ0) is 19.6. The number of H-pyrrole nitrogens is 1. The zero-order valence-electron chi connectivity index (χ0n) is 15.8. The van der Waals surface area contributed by atoms with Crippen molar-refractivity contribution in [2.24, 2.45) is 0 Å². The highest BCUT2D eigenvalue weighted by Gasteiger charge is 2.32. The lowest BCUT2D eigenvalue weighted by molar-refractivity contribution is 0.0730. The molecular weight excluding hydrogens is 366 g/mol. The smallest absolute Gasteiger partial charge is 0.268 e. The number of aromatic amines is 1. The molecule has 0 saturated carbocycles. The van der Waals surface area contributed by atoms with E-state index in [0.29, 0.717) is 44.1 Å². The predicted molar refractivity (Wildman–Crippen MR) is 102 cm³/mol. The molecule has 1 saturated heterocycles. The largest absolute Gasteiger partial charge is 0.379 e. The molecule has 1 fully saturated rings. The van der Waals surface area contributed by atoms with E-state index in [1.54, 1.807) is 13.8 Å². The van der Waals surface area contributed by atoms with Crippen LogP contribution in [0.5, 0.6) is 0 Å². The Labute approximate surface area is 159 Å². The number of ether oxygens (including phenoxy) is 1. The molecule has 0 unspecified atom stereocenters. The van der Waals surface area contributed by atoms with Gasteiger partial charge in [0.05, 0.1) is 13.2 Å². The molecule has 1 aromatic carbocycles. The lowest BCUT2D eigenvalue weighted by Crippen LogP contribution is -2.41. The summed E-state index contributed by atoms with van der Waals surface area (Å²) in [5.41, 5.74) is 3.31. The number of benzene rings is 1. The maximum Gasteiger partial charge on any atom is 0.268 e. The van der Waals surface area contributed by atoms with Crippen LogP contribution in [0.4, 0.5) is 0 Å². The minimum Gasteiger partial charge on any atom is -0.379 e. The van der Waals surface area contributed by atoms with Gasteiger partial charge in [-0.05, 0) is 37.5 Å². The molecule has 0 bridgehead atoms. The van der Waals surface area contributed by atoms with E-state index in [0.717, 1.165) is 11.1 Å². The number of hydrogen-bond donors (Lipinski definition) is 2. The number of rotatable bonds is 5. The Morgan fingerprint density at radius 2 is 1.85 bits per heavy atom. The third kappa shape index (κ3) is 3.92. The average Bonchev–Trinajstić information content (AvgIpc) is 2.96. The number of morpholine rings is 1. The van der Waals surface area contributed by atoms with Gasteiger partial charge in [0.15, 0.2) is 0 Å². The Balaban J connectivity index is 1.82. The first kappa shape index (κ1) is 19.6.